The van der Waals surface area contributed by atoms with Crippen LogP contribution >= 0.6 is 0 Å². The second kappa shape index (κ2) is 10.6. The molecule has 170 valence electrons. The lowest BCUT2D eigenvalue weighted by atomic mass is 9.85. The van der Waals surface area contributed by atoms with Gasteiger partial charge in [0.25, 0.3) is 5.91 Å². The molecule has 0 aliphatic carbocycles. The molecule has 2 heterocycles. The van der Waals surface area contributed by atoms with Gasteiger partial charge < -0.3 is 25.4 Å². The van der Waals surface area contributed by atoms with Gasteiger partial charge in [0.05, 0.1) is 0 Å². The molecule has 0 spiro atoms. The Kier molecular flexibility index (Phi) is 7.82. The van der Waals surface area contributed by atoms with Crippen molar-refractivity contribution in [2.45, 2.75) is 70.4 Å². The molecule has 1 unspecified atom stereocenters. The zero-order valence-corrected chi connectivity index (χ0v) is 18.9. The Bertz CT molecular complexity index is 800. The third-order valence-corrected chi connectivity index (χ3v) is 6.01. The third kappa shape index (κ3) is 5.32. The minimum Gasteiger partial charge on any atom is -0.485 e. The number of guanidine groups is 1. The standard InChI is InChI=1S/C24H36N4O3/c1-4-6-13-24(14-7-5-2)18(3)28(23(25)27-24)16-10-15-26-22(29)21-17-30-19-11-8-9-12-20(19)31-21/h8-9,11-12,21H,3-7,10,13-17H2,1-2H3,(H2,25,27)(H,26,29). The Labute approximate surface area is 185 Å². The van der Waals surface area contributed by atoms with Crippen molar-refractivity contribution < 1.29 is 14.3 Å². The lowest BCUT2D eigenvalue weighted by molar-refractivity contribution is -0.130. The number of ether oxygens (including phenoxy) is 2. The van der Waals surface area contributed by atoms with Gasteiger partial charge in [0.1, 0.15) is 12.1 Å². The number of carbonyl (C=O) groups excluding carboxylic acids is 1. The van der Waals surface area contributed by atoms with Crippen LogP contribution < -0.4 is 20.5 Å². The number of amides is 1. The number of para-hydroxylation sites is 2. The average Bonchev–Trinajstić information content (AvgIpc) is 3.02. The second-order valence-electron chi connectivity index (χ2n) is 8.32. The van der Waals surface area contributed by atoms with Crippen LogP contribution in [0.4, 0.5) is 0 Å². The molecule has 1 amide bonds. The summed E-state index contributed by atoms with van der Waals surface area (Å²) in [5, 5.41) is 2.95. The third-order valence-electron chi connectivity index (χ3n) is 6.01. The minimum atomic E-state index is -0.640. The van der Waals surface area contributed by atoms with E-state index in [0.29, 0.717) is 30.5 Å². The van der Waals surface area contributed by atoms with E-state index in [1.165, 1.54) is 0 Å². The fourth-order valence-electron chi connectivity index (χ4n) is 4.16. The molecule has 0 radical (unpaired) electrons. The van der Waals surface area contributed by atoms with Crippen molar-refractivity contribution in [3.63, 3.8) is 0 Å². The quantitative estimate of drug-likeness (QED) is 0.526. The zero-order valence-electron chi connectivity index (χ0n) is 18.9. The lowest BCUT2D eigenvalue weighted by Crippen LogP contribution is -2.45. The number of nitrogens with one attached hydrogen (secondary N) is 1. The number of hydrogen-bond acceptors (Lipinski definition) is 6. The molecule has 1 atom stereocenters. The Hall–Kier alpha value is -2.70. The number of fused-ring (bicyclic) bond motifs is 1. The van der Waals surface area contributed by atoms with Crippen LogP contribution in [0.5, 0.6) is 11.5 Å². The molecular weight excluding hydrogens is 392 g/mol. The van der Waals surface area contributed by atoms with Crippen LogP contribution in [-0.2, 0) is 4.79 Å². The van der Waals surface area contributed by atoms with Crippen molar-refractivity contribution in [2.24, 2.45) is 10.7 Å². The summed E-state index contributed by atoms with van der Waals surface area (Å²) in [6.07, 6.45) is 6.53. The zero-order chi connectivity index (χ0) is 22.3. The van der Waals surface area contributed by atoms with E-state index >= 15 is 0 Å². The van der Waals surface area contributed by atoms with Gasteiger partial charge in [-0.1, -0.05) is 58.2 Å². The van der Waals surface area contributed by atoms with Gasteiger partial charge in [0.15, 0.2) is 17.5 Å². The highest BCUT2D eigenvalue weighted by Gasteiger charge is 2.41. The monoisotopic (exact) mass is 428 g/mol. The topological polar surface area (TPSA) is 89.2 Å². The highest BCUT2D eigenvalue weighted by molar-refractivity contribution is 5.84. The first-order valence-electron chi connectivity index (χ1n) is 11.5. The fraction of sp³-hybridized carbons (Fsp3) is 0.583. The van der Waals surface area contributed by atoms with Crippen LogP contribution in [0.25, 0.3) is 0 Å². The fourth-order valence-corrected chi connectivity index (χ4v) is 4.16. The molecule has 7 nitrogen and oxygen atoms in total. The lowest BCUT2D eigenvalue weighted by Gasteiger charge is -2.30. The number of hydrogen-bond donors (Lipinski definition) is 2. The van der Waals surface area contributed by atoms with Crippen LogP contribution in [0.3, 0.4) is 0 Å². The van der Waals surface area contributed by atoms with Gasteiger partial charge in [-0.15, -0.1) is 0 Å². The van der Waals surface area contributed by atoms with E-state index in [9.17, 15) is 4.79 Å². The Morgan fingerprint density at radius 1 is 1.23 bits per heavy atom. The minimum absolute atomic E-state index is 0.170. The maximum atomic E-state index is 12.5. The highest BCUT2D eigenvalue weighted by Crippen LogP contribution is 2.39. The number of rotatable bonds is 11. The maximum absolute atomic E-state index is 12.5. The van der Waals surface area contributed by atoms with Crippen molar-refractivity contribution in [1.29, 1.82) is 0 Å². The van der Waals surface area contributed by atoms with E-state index in [2.05, 4.69) is 25.7 Å². The van der Waals surface area contributed by atoms with Crippen molar-refractivity contribution in [3.05, 3.63) is 36.5 Å². The van der Waals surface area contributed by atoms with Gasteiger partial charge >= 0.3 is 0 Å². The Morgan fingerprint density at radius 3 is 2.58 bits per heavy atom. The van der Waals surface area contributed by atoms with Gasteiger partial charge in [-0.25, -0.2) is 4.99 Å². The number of aliphatic imine (C=N–C) groups is 1. The molecule has 1 aromatic carbocycles. The summed E-state index contributed by atoms with van der Waals surface area (Å²) in [6.45, 7) is 10.2. The molecule has 0 saturated heterocycles. The summed E-state index contributed by atoms with van der Waals surface area (Å²) in [5.41, 5.74) is 7.02. The van der Waals surface area contributed by atoms with E-state index < -0.39 is 6.10 Å². The van der Waals surface area contributed by atoms with Crippen LogP contribution in [0.1, 0.15) is 58.8 Å². The van der Waals surface area contributed by atoms with E-state index in [-0.39, 0.29) is 18.1 Å². The van der Waals surface area contributed by atoms with Gasteiger partial charge in [0, 0.05) is 18.8 Å². The van der Waals surface area contributed by atoms with Gasteiger partial charge in [-0.3, -0.25) is 4.79 Å². The Balaban J connectivity index is 1.47. The first-order valence-corrected chi connectivity index (χ1v) is 11.5. The smallest absolute Gasteiger partial charge is 0.264 e. The molecule has 31 heavy (non-hydrogen) atoms. The maximum Gasteiger partial charge on any atom is 0.264 e. The molecule has 0 bridgehead atoms. The molecule has 2 aliphatic heterocycles. The van der Waals surface area contributed by atoms with Crippen molar-refractivity contribution in [1.82, 2.24) is 10.2 Å². The largest absolute Gasteiger partial charge is 0.485 e. The van der Waals surface area contributed by atoms with Crippen molar-refractivity contribution >= 4 is 11.9 Å². The molecule has 0 fully saturated rings. The number of carbonyl (C=O) groups is 1. The van der Waals surface area contributed by atoms with Gasteiger partial charge in [-0.2, -0.15) is 0 Å². The van der Waals surface area contributed by atoms with Crippen LogP contribution in [0, 0.1) is 0 Å². The highest BCUT2D eigenvalue weighted by atomic mass is 16.6. The predicted molar refractivity (Wildman–Crippen MR) is 123 cm³/mol. The van der Waals surface area contributed by atoms with Crippen LogP contribution in [0.15, 0.2) is 41.5 Å². The normalized spacial score (nSPS) is 19.3. The number of nitrogens with zero attached hydrogens (tertiary/aromatic N) is 2. The van der Waals surface area contributed by atoms with Crippen LogP contribution in [0.2, 0.25) is 0 Å². The molecule has 7 heteroatoms. The SMILES string of the molecule is C=C1N(CCCNC(=O)C2COc3ccccc3O2)C(N)=NC1(CCCC)CCCC. The summed E-state index contributed by atoms with van der Waals surface area (Å²) < 4.78 is 11.4. The van der Waals surface area contributed by atoms with E-state index in [1.807, 2.05) is 23.1 Å². The summed E-state index contributed by atoms with van der Waals surface area (Å²) >= 11 is 0. The molecule has 3 N–H and O–H groups in total. The predicted octanol–water partition coefficient (Wildman–Crippen LogP) is 3.60. The summed E-state index contributed by atoms with van der Waals surface area (Å²) in [4.78, 5) is 19.4. The number of unbranched alkanes of at least 4 members (excludes halogenated alkanes) is 2. The van der Waals surface area contributed by atoms with Crippen molar-refractivity contribution in [2.75, 3.05) is 19.7 Å². The molecule has 3 rings (SSSR count). The Morgan fingerprint density at radius 2 is 1.90 bits per heavy atom. The van der Waals surface area contributed by atoms with Crippen molar-refractivity contribution in [3.8, 4) is 11.5 Å². The molecule has 0 aromatic heterocycles. The van der Waals surface area contributed by atoms with Gasteiger partial charge in [0.2, 0.25) is 6.10 Å². The molecule has 2 aliphatic rings. The average molecular weight is 429 g/mol. The second-order valence-corrected chi connectivity index (χ2v) is 8.32. The van der Waals surface area contributed by atoms with Crippen LogP contribution in [-0.4, -0.2) is 48.1 Å². The van der Waals surface area contributed by atoms with E-state index in [0.717, 1.165) is 50.6 Å². The first-order chi connectivity index (χ1) is 15.0. The molecule has 1 aromatic rings. The summed E-state index contributed by atoms with van der Waals surface area (Å²) in [5.74, 6) is 1.64. The molecular formula is C24H36N4O3. The molecule has 0 saturated carbocycles. The van der Waals surface area contributed by atoms with E-state index in [4.69, 9.17) is 20.2 Å². The number of nitrogens with two attached hydrogens (primary N) is 1. The number of benzene rings is 1. The summed E-state index contributed by atoms with van der Waals surface area (Å²) in [6, 6.07) is 7.38. The summed E-state index contributed by atoms with van der Waals surface area (Å²) in [7, 11) is 0. The van der Waals surface area contributed by atoms with Gasteiger partial charge in [-0.05, 0) is 31.4 Å². The van der Waals surface area contributed by atoms with E-state index in [1.54, 1.807) is 6.07 Å². The first kappa shape index (κ1) is 23.0.